The Hall–Kier alpha value is -1.71. The van der Waals surface area contributed by atoms with Gasteiger partial charge in [-0.15, -0.1) is 11.3 Å². The Kier molecular flexibility index (Phi) is 4.51. The monoisotopic (exact) mass is 354 g/mol. The van der Waals surface area contributed by atoms with Gasteiger partial charge in [-0.25, -0.2) is 8.42 Å². The molecule has 0 atom stereocenters. The molecule has 23 heavy (non-hydrogen) atoms. The number of thiophene rings is 1. The highest BCUT2D eigenvalue weighted by Gasteiger charge is 2.30. The largest absolute Gasteiger partial charge is 0.338 e. The average Bonchev–Trinajstić information content (AvgIpc) is 3.19. The van der Waals surface area contributed by atoms with Crippen LogP contribution in [-0.4, -0.2) is 59.5 Å². The number of hydrogen-bond acceptors (Lipinski definition) is 5. The molecule has 1 aliphatic rings. The summed E-state index contributed by atoms with van der Waals surface area (Å²) in [6, 6.07) is 3.33. The van der Waals surface area contributed by atoms with Gasteiger partial charge < -0.3 is 4.90 Å². The fraction of sp³-hybridized carbons (Fsp3) is 0.429. The minimum Gasteiger partial charge on any atom is -0.338 e. The molecule has 0 N–H and O–H groups in total. The Balaban J connectivity index is 1.59. The molecule has 1 fully saturated rings. The maximum absolute atomic E-state index is 12.4. The Morgan fingerprint density at radius 1 is 1.30 bits per heavy atom. The van der Waals surface area contributed by atoms with Crippen LogP contribution in [0.25, 0.3) is 0 Å². The van der Waals surface area contributed by atoms with Crippen LogP contribution in [0.5, 0.6) is 0 Å². The number of amides is 1. The molecule has 0 spiro atoms. The summed E-state index contributed by atoms with van der Waals surface area (Å²) in [7, 11) is -3.43. The van der Waals surface area contributed by atoms with Gasteiger partial charge >= 0.3 is 0 Å². The first-order chi connectivity index (χ1) is 11.0. The van der Waals surface area contributed by atoms with Crippen LogP contribution >= 0.6 is 11.3 Å². The number of nitrogens with zero attached hydrogens (tertiary/aromatic N) is 4. The minimum absolute atomic E-state index is 0.0405. The predicted octanol–water partition coefficient (Wildman–Crippen LogP) is 0.786. The molecule has 0 aliphatic carbocycles. The molecule has 0 radical (unpaired) electrons. The normalized spacial score (nSPS) is 16.7. The van der Waals surface area contributed by atoms with Gasteiger partial charge in [0.2, 0.25) is 5.91 Å². The summed E-state index contributed by atoms with van der Waals surface area (Å²) in [6.07, 6.45) is 3.52. The second-order valence-electron chi connectivity index (χ2n) is 5.43. The van der Waals surface area contributed by atoms with Crippen molar-refractivity contribution in [2.45, 2.75) is 17.7 Å². The van der Waals surface area contributed by atoms with Crippen molar-refractivity contribution < 1.29 is 13.2 Å². The molecular formula is C14H18N4O3S2. The summed E-state index contributed by atoms with van der Waals surface area (Å²) in [6.45, 7) is 3.56. The standard InChI is InChI=1S/C14H18N4O3S2/c1-12-9-15-17(10-12)11-13(19)16-4-6-18(7-5-16)23(20,21)14-3-2-8-22-14/h2-3,8-10H,4-7,11H2,1H3. The van der Waals surface area contributed by atoms with E-state index in [4.69, 9.17) is 0 Å². The third-order valence-corrected chi connectivity index (χ3v) is 7.01. The smallest absolute Gasteiger partial charge is 0.252 e. The molecule has 1 amide bonds. The average molecular weight is 354 g/mol. The molecule has 7 nitrogen and oxygen atoms in total. The van der Waals surface area contributed by atoms with Gasteiger partial charge in [-0.3, -0.25) is 9.48 Å². The van der Waals surface area contributed by atoms with Gasteiger partial charge in [0, 0.05) is 32.4 Å². The first kappa shape index (κ1) is 16.2. The van der Waals surface area contributed by atoms with Crippen LogP contribution in [0, 0.1) is 6.92 Å². The Bertz CT molecular complexity index is 775. The molecule has 0 saturated carbocycles. The SMILES string of the molecule is Cc1cnn(CC(=O)N2CCN(S(=O)(=O)c3cccs3)CC2)c1. The van der Waals surface area contributed by atoms with Gasteiger partial charge in [-0.1, -0.05) is 6.07 Å². The van der Waals surface area contributed by atoms with E-state index >= 15 is 0 Å². The lowest BCUT2D eigenvalue weighted by Crippen LogP contribution is -2.51. The summed E-state index contributed by atoms with van der Waals surface area (Å²) >= 11 is 1.21. The third kappa shape index (κ3) is 3.46. The molecule has 3 rings (SSSR count). The highest BCUT2D eigenvalue weighted by atomic mass is 32.2. The van der Waals surface area contributed by atoms with Crippen LogP contribution in [0.4, 0.5) is 0 Å². The molecule has 9 heteroatoms. The summed E-state index contributed by atoms with van der Waals surface area (Å²) in [5, 5.41) is 5.85. The van der Waals surface area contributed by atoms with E-state index in [0.29, 0.717) is 30.4 Å². The van der Waals surface area contributed by atoms with Gasteiger partial charge in [-0.2, -0.15) is 9.40 Å². The van der Waals surface area contributed by atoms with E-state index in [0.717, 1.165) is 5.56 Å². The molecule has 1 aliphatic heterocycles. The van der Waals surface area contributed by atoms with E-state index in [-0.39, 0.29) is 12.5 Å². The number of carbonyl (C=O) groups is 1. The maximum Gasteiger partial charge on any atom is 0.252 e. The van der Waals surface area contributed by atoms with Crippen molar-refractivity contribution in [2.24, 2.45) is 0 Å². The van der Waals surface area contributed by atoms with Crippen molar-refractivity contribution in [1.82, 2.24) is 19.0 Å². The zero-order valence-electron chi connectivity index (χ0n) is 12.8. The molecule has 124 valence electrons. The molecule has 0 bridgehead atoms. The quantitative estimate of drug-likeness (QED) is 0.813. The van der Waals surface area contributed by atoms with Crippen molar-refractivity contribution in [2.75, 3.05) is 26.2 Å². The maximum atomic E-state index is 12.4. The second kappa shape index (κ2) is 6.42. The fourth-order valence-electron chi connectivity index (χ4n) is 2.51. The Morgan fingerprint density at radius 3 is 2.61 bits per heavy atom. The number of sulfonamides is 1. The van der Waals surface area contributed by atoms with Crippen LogP contribution in [-0.2, 0) is 21.4 Å². The number of aryl methyl sites for hydroxylation is 1. The van der Waals surface area contributed by atoms with Crippen molar-refractivity contribution in [1.29, 1.82) is 0 Å². The van der Waals surface area contributed by atoms with Gasteiger partial charge in [-0.05, 0) is 23.9 Å². The first-order valence-corrected chi connectivity index (χ1v) is 9.59. The minimum atomic E-state index is -3.43. The molecule has 2 aromatic rings. The van der Waals surface area contributed by atoms with Gasteiger partial charge in [0.05, 0.1) is 6.20 Å². The van der Waals surface area contributed by atoms with E-state index in [2.05, 4.69) is 5.10 Å². The lowest BCUT2D eigenvalue weighted by atomic mass is 10.3. The number of piperazine rings is 1. The van der Waals surface area contributed by atoms with Crippen LogP contribution < -0.4 is 0 Å². The number of carbonyl (C=O) groups excluding carboxylic acids is 1. The third-order valence-electron chi connectivity index (χ3n) is 3.74. The fourth-order valence-corrected chi connectivity index (χ4v) is 5.07. The van der Waals surface area contributed by atoms with Crippen molar-refractivity contribution >= 4 is 27.3 Å². The van der Waals surface area contributed by atoms with E-state index in [1.54, 1.807) is 33.3 Å². The Labute approximate surface area is 139 Å². The summed E-state index contributed by atoms with van der Waals surface area (Å²) < 4.78 is 28.3. The highest BCUT2D eigenvalue weighted by Crippen LogP contribution is 2.22. The molecule has 2 aromatic heterocycles. The zero-order chi connectivity index (χ0) is 16.4. The van der Waals surface area contributed by atoms with E-state index < -0.39 is 10.0 Å². The molecule has 3 heterocycles. The summed E-state index contributed by atoms with van der Waals surface area (Å²) in [5.41, 5.74) is 1.00. The summed E-state index contributed by atoms with van der Waals surface area (Å²) in [4.78, 5) is 14.0. The van der Waals surface area contributed by atoms with Crippen LogP contribution in [0.2, 0.25) is 0 Å². The lowest BCUT2D eigenvalue weighted by Gasteiger charge is -2.33. The van der Waals surface area contributed by atoms with Crippen LogP contribution in [0.3, 0.4) is 0 Å². The molecular weight excluding hydrogens is 336 g/mol. The van der Waals surface area contributed by atoms with Crippen molar-refractivity contribution in [3.05, 3.63) is 35.5 Å². The van der Waals surface area contributed by atoms with Gasteiger partial charge in [0.15, 0.2) is 0 Å². The predicted molar refractivity (Wildman–Crippen MR) is 86.6 cm³/mol. The molecule has 0 aromatic carbocycles. The van der Waals surface area contributed by atoms with Gasteiger partial charge in [0.25, 0.3) is 10.0 Å². The van der Waals surface area contributed by atoms with E-state index in [9.17, 15) is 13.2 Å². The number of aromatic nitrogens is 2. The lowest BCUT2D eigenvalue weighted by molar-refractivity contribution is -0.133. The topological polar surface area (TPSA) is 75.5 Å². The molecule has 1 saturated heterocycles. The van der Waals surface area contributed by atoms with Crippen LogP contribution in [0.1, 0.15) is 5.56 Å². The first-order valence-electron chi connectivity index (χ1n) is 7.27. The number of hydrogen-bond donors (Lipinski definition) is 0. The summed E-state index contributed by atoms with van der Waals surface area (Å²) in [5.74, 6) is -0.0405. The van der Waals surface area contributed by atoms with Crippen molar-refractivity contribution in [3.63, 3.8) is 0 Å². The Morgan fingerprint density at radius 2 is 2.04 bits per heavy atom. The molecule has 0 unspecified atom stereocenters. The second-order valence-corrected chi connectivity index (χ2v) is 8.54. The van der Waals surface area contributed by atoms with E-state index in [1.165, 1.54) is 15.6 Å². The number of rotatable bonds is 4. The zero-order valence-corrected chi connectivity index (χ0v) is 14.4. The van der Waals surface area contributed by atoms with Gasteiger partial charge in [0.1, 0.15) is 10.8 Å². The van der Waals surface area contributed by atoms with Crippen molar-refractivity contribution in [3.8, 4) is 0 Å². The van der Waals surface area contributed by atoms with E-state index in [1.807, 2.05) is 13.1 Å². The highest BCUT2D eigenvalue weighted by molar-refractivity contribution is 7.91. The van der Waals surface area contributed by atoms with Crippen LogP contribution in [0.15, 0.2) is 34.1 Å².